The lowest BCUT2D eigenvalue weighted by molar-refractivity contribution is -0.132. The standard InChI is InChI=1S/C17H24F2N2O3S/c1-8-9(2)11(4)14(12(5)10(8)3)25(23,24)21-17(16(20)22)6-13(7-17)15(18)19/h13,15,21H,6-7H2,1-5H3,(H2,20,22). The van der Waals surface area contributed by atoms with E-state index in [9.17, 15) is 22.0 Å². The van der Waals surface area contributed by atoms with Gasteiger partial charge in [0.05, 0.1) is 4.90 Å². The van der Waals surface area contributed by atoms with E-state index in [0.29, 0.717) is 11.1 Å². The molecule has 0 spiro atoms. The molecule has 1 aromatic rings. The van der Waals surface area contributed by atoms with E-state index in [-0.39, 0.29) is 17.7 Å². The third-order valence-electron chi connectivity index (χ3n) is 5.58. The molecule has 0 bridgehead atoms. The molecule has 0 atom stereocenters. The van der Waals surface area contributed by atoms with Crippen LogP contribution in [-0.2, 0) is 14.8 Å². The summed E-state index contributed by atoms with van der Waals surface area (Å²) in [6, 6.07) is 0. The third kappa shape index (κ3) is 3.17. The predicted molar refractivity (Wildman–Crippen MR) is 91.1 cm³/mol. The molecule has 1 aliphatic rings. The van der Waals surface area contributed by atoms with Crippen LogP contribution in [0.15, 0.2) is 4.90 Å². The lowest BCUT2D eigenvalue weighted by atomic mass is 9.68. The minimum atomic E-state index is -4.09. The Morgan fingerprint density at radius 2 is 1.44 bits per heavy atom. The van der Waals surface area contributed by atoms with Crippen LogP contribution in [0.25, 0.3) is 0 Å². The van der Waals surface area contributed by atoms with Crippen molar-refractivity contribution in [1.29, 1.82) is 0 Å². The van der Waals surface area contributed by atoms with Gasteiger partial charge in [0.1, 0.15) is 5.54 Å². The van der Waals surface area contributed by atoms with Crippen molar-refractivity contribution in [2.24, 2.45) is 11.7 Å². The number of benzene rings is 1. The Morgan fingerprint density at radius 1 is 1.04 bits per heavy atom. The molecule has 1 saturated carbocycles. The fourth-order valence-corrected chi connectivity index (χ4v) is 5.52. The molecule has 140 valence electrons. The second-order valence-electron chi connectivity index (χ2n) is 7.01. The molecular formula is C17H24F2N2O3S. The minimum Gasteiger partial charge on any atom is -0.368 e. The summed E-state index contributed by atoms with van der Waals surface area (Å²) < 4.78 is 53.9. The van der Waals surface area contributed by atoms with Crippen molar-refractivity contribution < 1.29 is 22.0 Å². The van der Waals surface area contributed by atoms with Crippen molar-refractivity contribution in [2.45, 2.75) is 64.3 Å². The monoisotopic (exact) mass is 374 g/mol. The maximum absolute atomic E-state index is 13.0. The predicted octanol–water partition coefficient (Wildman–Crippen LogP) is 2.41. The van der Waals surface area contributed by atoms with E-state index in [1.807, 2.05) is 20.8 Å². The highest BCUT2D eigenvalue weighted by molar-refractivity contribution is 7.89. The van der Waals surface area contributed by atoms with E-state index in [1.54, 1.807) is 13.8 Å². The van der Waals surface area contributed by atoms with Gasteiger partial charge in [-0.05, 0) is 75.3 Å². The number of rotatable bonds is 5. The zero-order valence-corrected chi connectivity index (χ0v) is 15.9. The second kappa shape index (κ2) is 6.32. The molecule has 0 aromatic heterocycles. The van der Waals surface area contributed by atoms with Gasteiger partial charge in [-0.3, -0.25) is 4.79 Å². The van der Waals surface area contributed by atoms with Gasteiger partial charge in [-0.15, -0.1) is 0 Å². The second-order valence-corrected chi connectivity index (χ2v) is 8.63. The lowest BCUT2D eigenvalue weighted by Crippen LogP contribution is -2.65. The first-order valence-corrected chi connectivity index (χ1v) is 9.51. The highest BCUT2D eigenvalue weighted by Gasteiger charge is 2.54. The molecule has 1 fully saturated rings. The Kier molecular flexibility index (Phi) is 5.00. The Hall–Kier alpha value is -1.54. The van der Waals surface area contributed by atoms with Crippen LogP contribution in [0.5, 0.6) is 0 Å². The van der Waals surface area contributed by atoms with Crippen LogP contribution in [0.4, 0.5) is 8.78 Å². The van der Waals surface area contributed by atoms with Crippen LogP contribution in [-0.4, -0.2) is 26.3 Å². The van der Waals surface area contributed by atoms with Crippen molar-refractivity contribution >= 4 is 15.9 Å². The van der Waals surface area contributed by atoms with Gasteiger partial charge in [-0.2, -0.15) is 4.72 Å². The van der Waals surface area contributed by atoms with E-state index in [0.717, 1.165) is 16.7 Å². The minimum absolute atomic E-state index is 0.0919. The van der Waals surface area contributed by atoms with Crippen molar-refractivity contribution in [1.82, 2.24) is 4.72 Å². The molecule has 1 aromatic carbocycles. The summed E-state index contributed by atoms with van der Waals surface area (Å²) in [6.07, 6.45) is -3.19. The van der Waals surface area contributed by atoms with E-state index >= 15 is 0 Å². The summed E-state index contributed by atoms with van der Waals surface area (Å²) in [5.41, 5.74) is 7.53. The van der Waals surface area contributed by atoms with Crippen LogP contribution >= 0.6 is 0 Å². The lowest BCUT2D eigenvalue weighted by Gasteiger charge is -2.45. The number of alkyl halides is 2. The first-order valence-electron chi connectivity index (χ1n) is 8.03. The maximum atomic E-state index is 13.0. The zero-order valence-electron chi connectivity index (χ0n) is 15.0. The van der Waals surface area contributed by atoms with Gasteiger partial charge in [0.15, 0.2) is 0 Å². The quantitative estimate of drug-likeness (QED) is 0.829. The maximum Gasteiger partial charge on any atom is 0.242 e. The van der Waals surface area contributed by atoms with Crippen LogP contribution in [0, 0.1) is 40.5 Å². The van der Waals surface area contributed by atoms with E-state index in [4.69, 9.17) is 5.73 Å². The molecule has 1 aliphatic carbocycles. The molecule has 5 nitrogen and oxygen atoms in total. The molecule has 0 aliphatic heterocycles. The van der Waals surface area contributed by atoms with Crippen molar-refractivity contribution in [3.05, 3.63) is 27.8 Å². The average molecular weight is 374 g/mol. The van der Waals surface area contributed by atoms with Crippen LogP contribution < -0.4 is 10.5 Å². The number of nitrogens with one attached hydrogen (secondary N) is 1. The summed E-state index contributed by atoms with van der Waals surface area (Å²) in [6.45, 7) is 8.97. The molecule has 0 heterocycles. The highest BCUT2D eigenvalue weighted by Crippen LogP contribution is 2.43. The first kappa shape index (κ1) is 19.8. The van der Waals surface area contributed by atoms with Crippen molar-refractivity contribution in [3.8, 4) is 0 Å². The van der Waals surface area contributed by atoms with E-state index in [1.165, 1.54) is 0 Å². The van der Waals surface area contributed by atoms with Crippen LogP contribution in [0.3, 0.4) is 0 Å². The van der Waals surface area contributed by atoms with Gasteiger partial charge in [-0.25, -0.2) is 17.2 Å². The molecule has 1 amide bonds. The number of primary amides is 1. The summed E-state index contributed by atoms with van der Waals surface area (Å²) in [4.78, 5) is 11.9. The van der Waals surface area contributed by atoms with Gasteiger partial charge in [0.2, 0.25) is 22.4 Å². The molecule has 25 heavy (non-hydrogen) atoms. The Labute approximate surface area is 147 Å². The Balaban J connectivity index is 2.49. The molecule has 3 N–H and O–H groups in total. The molecular weight excluding hydrogens is 350 g/mol. The topological polar surface area (TPSA) is 89.3 Å². The smallest absolute Gasteiger partial charge is 0.242 e. The summed E-state index contributed by atoms with van der Waals surface area (Å²) in [5.74, 6) is -1.96. The molecule has 8 heteroatoms. The van der Waals surface area contributed by atoms with Gasteiger partial charge >= 0.3 is 0 Å². The fourth-order valence-electron chi connectivity index (χ4n) is 3.53. The number of carbonyl (C=O) groups excluding carboxylic acids is 1. The first-order chi connectivity index (χ1) is 11.3. The SMILES string of the molecule is Cc1c(C)c(C)c(S(=O)(=O)NC2(C(N)=O)CC(C(F)F)C2)c(C)c1C. The average Bonchev–Trinajstić information content (AvgIpc) is 2.45. The number of hydrogen-bond acceptors (Lipinski definition) is 3. The van der Waals surface area contributed by atoms with Gasteiger partial charge in [0.25, 0.3) is 0 Å². The normalized spacial score (nSPS) is 23.6. The van der Waals surface area contributed by atoms with Crippen molar-refractivity contribution in [2.75, 3.05) is 0 Å². The zero-order chi connectivity index (χ0) is 19.3. The van der Waals surface area contributed by atoms with Crippen LogP contribution in [0.2, 0.25) is 0 Å². The third-order valence-corrected chi connectivity index (χ3v) is 7.39. The van der Waals surface area contributed by atoms with Crippen LogP contribution in [0.1, 0.15) is 40.7 Å². The number of sulfonamides is 1. The van der Waals surface area contributed by atoms with Gasteiger partial charge in [-0.1, -0.05) is 0 Å². The van der Waals surface area contributed by atoms with Gasteiger partial charge in [0, 0.05) is 5.92 Å². The van der Waals surface area contributed by atoms with E-state index in [2.05, 4.69) is 4.72 Å². The summed E-state index contributed by atoms with van der Waals surface area (Å²) in [7, 11) is -4.09. The van der Waals surface area contributed by atoms with Gasteiger partial charge < -0.3 is 5.73 Å². The molecule has 2 rings (SSSR count). The largest absolute Gasteiger partial charge is 0.368 e. The number of nitrogens with two attached hydrogens (primary N) is 1. The highest BCUT2D eigenvalue weighted by atomic mass is 32.2. The number of carbonyl (C=O) groups is 1. The fraction of sp³-hybridized carbons (Fsp3) is 0.588. The van der Waals surface area contributed by atoms with E-state index < -0.39 is 33.8 Å². The summed E-state index contributed by atoms with van der Waals surface area (Å²) in [5, 5.41) is 0. The number of hydrogen-bond donors (Lipinski definition) is 2. The Morgan fingerprint density at radius 3 is 1.80 bits per heavy atom. The molecule has 0 saturated heterocycles. The Bertz CT molecular complexity index is 800. The number of halogens is 2. The molecule has 0 unspecified atom stereocenters. The molecule has 0 radical (unpaired) electrons. The number of amides is 1. The summed E-state index contributed by atoms with van der Waals surface area (Å²) >= 11 is 0. The van der Waals surface area contributed by atoms with Crippen molar-refractivity contribution in [3.63, 3.8) is 0 Å².